The van der Waals surface area contributed by atoms with Gasteiger partial charge in [0.15, 0.2) is 0 Å². The lowest BCUT2D eigenvalue weighted by Gasteiger charge is -2.32. The van der Waals surface area contributed by atoms with E-state index in [4.69, 9.17) is 0 Å². The molecule has 1 aliphatic heterocycles. The molecule has 0 amide bonds. The second-order valence-electron chi connectivity index (χ2n) is 7.03. The third-order valence-electron chi connectivity index (χ3n) is 4.59. The first kappa shape index (κ1) is 14.5. The molecule has 1 N–H and O–H groups in total. The van der Waals surface area contributed by atoms with E-state index in [9.17, 15) is 0 Å². The first-order valence-corrected chi connectivity index (χ1v) is 8.18. The van der Waals surface area contributed by atoms with Gasteiger partial charge in [-0.2, -0.15) is 0 Å². The number of fused-ring (bicyclic) bond motifs is 1. The summed E-state index contributed by atoms with van der Waals surface area (Å²) in [4.78, 5) is 4.67. The average Bonchev–Trinajstić information content (AvgIpc) is 2.86. The molecule has 1 saturated heterocycles. The van der Waals surface area contributed by atoms with Crippen LogP contribution in [0.25, 0.3) is 10.9 Å². The van der Waals surface area contributed by atoms with Crippen LogP contribution in [0.1, 0.15) is 44.4 Å². The molecule has 1 aromatic carbocycles. The molecule has 2 heteroatoms. The number of nitrogens with zero attached hydrogens (tertiary/aromatic N) is 1. The van der Waals surface area contributed by atoms with Crippen molar-refractivity contribution < 1.29 is 0 Å². The van der Waals surface area contributed by atoms with Crippen LogP contribution in [0.15, 0.2) is 30.3 Å². The minimum Gasteiger partial charge on any atom is -0.311 e. The molecule has 1 atom stereocenters. The number of pyridine rings is 1. The maximum absolute atomic E-state index is 4.67. The fourth-order valence-electron chi connectivity index (χ4n) is 3.95. The molecule has 1 aromatic heterocycles. The van der Waals surface area contributed by atoms with Crippen molar-refractivity contribution in [1.29, 1.82) is 0 Å². The van der Waals surface area contributed by atoms with Crippen molar-refractivity contribution in [2.75, 3.05) is 6.54 Å². The average molecular weight is 282 g/mol. The van der Waals surface area contributed by atoms with Gasteiger partial charge < -0.3 is 5.32 Å². The first-order chi connectivity index (χ1) is 10.1. The van der Waals surface area contributed by atoms with Gasteiger partial charge in [0, 0.05) is 16.6 Å². The topological polar surface area (TPSA) is 24.9 Å². The predicted molar refractivity (Wildman–Crippen MR) is 89.6 cm³/mol. The number of rotatable bonds is 4. The second-order valence-corrected chi connectivity index (χ2v) is 7.03. The van der Waals surface area contributed by atoms with Gasteiger partial charge in [-0.1, -0.05) is 32.0 Å². The normalized spacial score (nSPS) is 22.3. The summed E-state index contributed by atoms with van der Waals surface area (Å²) >= 11 is 0. The quantitative estimate of drug-likeness (QED) is 0.906. The zero-order valence-electron chi connectivity index (χ0n) is 13.4. The Labute approximate surface area is 128 Å². The summed E-state index contributed by atoms with van der Waals surface area (Å²) in [6, 6.07) is 10.8. The van der Waals surface area contributed by atoms with E-state index in [2.05, 4.69) is 61.4 Å². The van der Waals surface area contributed by atoms with Gasteiger partial charge >= 0.3 is 0 Å². The van der Waals surface area contributed by atoms with Crippen molar-refractivity contribution in [2.45, 2.75) is 52.0 Å². The van der Waals surface area contributed by atoms with Crippen molar-refractivity contribution in [2.24, 2.45) is 5.92 Å². The molecular weight excluding hydrogens is 256 g/mol. The fourth-order valence-corrected chi connectivity index (χ4v) is 3.95. The van der Waals surface area contributed by atoms with E-state index in [0.29, 0.717) is 0 Å². The van der Waals surface area contributed by atoms with Crippen molar-refractivity contribution in [3.8, 4) is 0 Å². The molecule has 112 valence electrons. The van der Waals surface area contributed by atoms with Crippen LogP contribution in [0.2, 0.25) is 0 Å². The Morgan fingerprint density at radius 2 is 2.10 bits per heavy atom. The van der Waals surface area contributed by atoms with Crippen molar-refractivity contribution in [3.05, 3.63) is 41.6 Å². The lowest BCUT2D eigenvalue weighted by atomic mass is 9.81. The zero-order chi connectivity index (χ0) is 14.9. The van der Waals surface area contributed by atoms with Gasteiger partial charge in [-0.3, -0.25) is 4.98 Å². The van der Waals surface area contributed by atoms with Gasteiger partial charge in [0.1, 0.15) is 0 Å². The van der Waals surface area contributed by atoms with Crippen LogP contribution >= 0.6 is 0 Å². The van der Waals surface area contributed by atoms with Gasteiger partial charge in [-0.25, -0.2) is 0 Å². The van der Waals surface area contributed by atoms with Gasteiger partial charge in [-0.15, -0.1) is 0 Å². The highest BCUT2D eigenvalue weighted by Gasteiger charge is 2.34. The van der Waals surface area contributed by atoms with E-state index in [1.807, 2.05) is 0 Å². The monoisotopic (exact) mass is 282 g/mol. The molecule has 21 heavy (non-hydrogen) atoms. The van der Waals surface area contributed by atoms with Gasteiger partial charge in [0.05, 0.1) is 5.52 Å². The largest absolute Gasteiger partial charge is 0.311 e. The Balaban J connectivity index is 1.99. The van der Waals surface area contributed by atoms with Gasteiger partial charge in [0.25, 0.3) is 0 Å². The lowest BCUT2D eigenvalue weighted by Crippen LogP contribution is -2.43. The molecule has 1 fully saturated rings. The minimum atomic E-state index is 0.282. The van der Waals surface area contributed by atoms with Crippen molar-refractivity contribution >= 4 is 10.9 Å². The number of hydrogen-bond donors (Lipinski definition) is 1. The minimum absolute atomic E-state index is 0.282. The summed E-state index contributed by atoms with van der Waals surface area (Å²) in [6.07, 6.45) is 4.97. The number of benzene rings is 1. The summed E-state index contributed by atoms with van der Waals surface area (Å²) in [6.45, 7) is 7.93. The van der Waals surface area contributed by atoms with Crippen LogP contribution in [0.4, 0.5) is 0 Å². The number of para-hydroxylation sites is 1. The molecule has 0 bridgehead atoms. The zero-order valence-corrected chi connectivity index (χ0v) is 13.4. The summed E-state index contributed by atoms with van der Waals surface area (Å²) in [7, 11) is 0. The Hall–Kier alpha value is -1.41. The summed E-state index contributed by atoms with van der Waals surface area (Å²) in [5.41, 5.74) is 3.99. The van der Waals surface area contributed by atoms with Crippen molar-refractivity contribution in [3.63, 3.8) is 0 Å². The highest BCUT2D eigenvalue weighted by molar-refractivity contribution is 5.82. The number of nitrogens with one attached hydrogen (secondary N) is 1. The fraction of sp³-hybridized carbons (Fsp3) is 0.526. The van der Waals surface area contributed by atoms with Crippen LogP contribution < -0.4 is 5.32 Å². The third-order valence-corrected chi connectivity index (χ3v) is 4.59. The smallest absolute Gasteiger partial charge is 0.0707 e. The summed E-state index contributed by atoms with van der Waals surface area (Å²) in [5.74, 6) is 0.727. The maximum Gasteiger partial charge on any atom is 0.0707 e. The van der Waals surface area contributed by atoms with E-state index < -0.39 is 0 Å². The molecule has 2 nitrogen and oxygen atoms in total. The standard InChI is InChI=1S/C19H26N2/c1-14(2)12-19(9-6-10-20-19)13-16-11-15(3)21-18-8-5-4-7-17(16)18/h4-5,7-8,11,14,20H,6,9-10,12-13H2,1-3H3. The summed E-state index contributed by atoms with van der Waals surface area (Å²) in [5, 5.41) is 5.13. The molecule has 0 saturated carbocycles. The molecule has 2 heterocycles. The molecule has 2 aromatic rings. The maximum atomic E-state index is 4.67. The Bertz CT molecular complexity index is 624. The van der Waals surface area contributed by atoms with Gasteiger partial charge in [0.2, 0.25) is 0 Å². The van der Waals surface area contributed by atoms with E-state index in [-0.39, 0.29) is 5.54 Å². The van der Waals surface area contributed by atoms with Crippen LogP contribution in [0.5, 0.6) is 0 Å². The van der Waals surface area contributed by atoms with E-state index in [1.165, 1.54) is 30.2 Å². The van der Waals surface area contributed by atoms with Gasteiger partial charge in [-0.05, 0) is 62.8 Å². The molecule has 3 rings (SSSR count). The predicted octanol–water partition coefficient (Wildman–Crippen LogP) is 4.25. The summed E-state index contributed by atoms with van der Waals surface area (Å²) < 4.78 is 0. The molecule has 1 aliphatic rings. The Kier molecular flexibility index (Phi) is 3.99. The second kappa shape index (κ2) is 5.76. The van der Waals surface area contributed by atoms with Crippen LogP contribution in [-0.4, -0.2) is 17.1 Å². The van der Waals surface area contributed by atoms with Crippen LogP contribution in [-0.2, 0) is 6.42 Å². The van der Waals surface area contributed by atoms with E-state index >= 15 is 0 Å². The first-order valence-electron chi connectivity index (χ1n) is 8.18. The van der Waals surface area contributed by atoms with E-state index in [1.54, 1.807) is 0 Å². The molecular formula is C19H26N2. The van der Waals surface area contributed by atoms with E-state index in [0.717, 1.165) is 30.1 Å². The number of aromatic nitrogens is 1. The highest BCUT2D eigenvalue weighted by Crippen LogP contribution is 2.32. The Morgan fingerprint density at radius 3 is 2.81 bits per heavy atom. The number of aryl methyl sites for hydroxylation is 1. The number of hydrogen-bond acceptors (Lipinski definition) is 2. The van der Waals surface area contributed by atoms with Crippen LogP contribution in [0.3, 0.4) is 0 Å². The SMILES string of the molecule is Cc1cc(CC2(CC(C)C)CCCN2)c2ccccc2n1. The molecule has 0 spiro atoms. The molecule has 0 radical (unpaired) electrons. The van der Waals surface area contributed by atoms with Crippen LogP contribution in [0, 0.1) is 12.8 Å². The Morgan fingerprint density at radius 1 is 1.29 bits per heavy atom. The third kappa shape index (κ3) is 3.11. The molecule has 0 aliphatic carbocycles. The molecule has 1 unspecified atom stereocenters. The van der Waals surface area contributed by atoms with Crippen molar-refractivity contribution in [1.82, 2.24) is 10.3 Å². The highest BCUT2D eigenvalue weighted by atomic mass is 15.0. The lowest BCUT2D eigenvalue weighted by molar-refractivity contribution is 0.302.